The SMILES string of the molecule is CC(C)(C)[Si](C)(C)O[C@@H]1CC[C@H](OS(C)(=O)=O)C1. The molecule has 2 atom stereocenters. The molecule has 0 aromatic heterocycles. The quantitative estimate of drug-likeness (QED) is 0.591. The molecule has 1 fully saturated rings. The first-order valence-electron chi connectivity index (χ1n) is 6.47. The van der Waals surface area contributed by atoms with E-state index < -0.39 is 18.4 Å². The largest absolute Gasteiger partial charge is 0.414 e. The maximum absolute atomic E-state index is 11.1. The fourth-order valence-electron chi connectivity index (χ4n) is 1.94. The first-order chi connectivity index (χ1) is 7.91. The third-order valence-electron chi connectivity index (χ3n) is 3.91. The monoisotopic (exact) mass is 294 g/mol. The van der Waals surface area contributed by atoms with Gasteiger partial charge in [0, 0.05) is 6.10 Å². The Morgan fingerprint density at radius 3 is 2.06 bits per heavy atom. The number of rotatable bonds is 4. The summed E-state index contributed by atoms with van der Waals surface area (Å²) in [5.41, 5.74) is 0. The summed E-state index contributed by atoms with van der Waals surface area (Å²) >= 11 is 0. The highest BCUT2D eigenvalue weighted by atomic mass is 32.2. The third-order valence-corrected chi connectivity index (χ3v) is 9.07. The summed E-state index contributed by atoms with van der Waals surface area (Å²) in [7, 11) is -5.11. The highest BCUT2D eigenvalue weighted by Gasteiger charge is 2.41. The second-order valence-electron chi connectivity index (χ2n) is 6.74. The molecule has 4 nitrogen and oxygen atoms in total. The van der Waals surface area contributed by atoms with Crippen molar-refractivity contribution in [1.82, 2.24) is 0 Å². The van der Waals surface area contributed by atoms with Crippen molar-refractivity contribution in [2.24, 2.45) is 0 Å². The fourth-order valence-corrected chi connectivity index (χ4v) is 4.01. The van der Waals surface area contributed by atoms with E-state index in [-0.39, 0.29) is 17.2 Å². The molecule has 0 radical (unpaired) electrons. The van der Waals surface area contributed by atoms with Crippen LogP contribution in [0, 0.1) is 0 Å². The van der Waals surface area contributed by atoms with E-state index >= 15 is 0 Å². The van der Waals surface area contributed by atoms with E-state index in [9.17, 15) is 8.42 Å². The van der Waals surface area contributed by atoms with Crippen molar-refractivity contribution >= 4 is 18.4 Å². The van der Waals surface area contributed by atoms with Crippen molar-refractivity contribution < 1.29 is 17.0 Å². The first kappa shape index (κ1) is 16.1. The van der Waals surface area contributed by atoms with Crippen molar-refractivity contribution in [1.29, 1.82) is 0 Å². The molecule has 0 aromatic carbocycles. The van der Waals surface area contributed by atoms with Gasteiger partial charge in [0.15, 0.2) is 8.32 Å². The van der Waals surface area contributed by atoms with Crippen LogP contribution in [0.4, 0.5) is 0 Å². The van der Waals surface area contributed by atoms with E-state index in [0.717, 1.165) is 19.1 Å². The molecular weight excluding hydrogens is 268 g/mol. The average molecular weight is 294 g/mol. The molecule has 0 unspecified atom stereocenters. The minimum absolute atomic E-state index is 0.151. The third kappa shape index (κ3) is 4.64. The van der Waals surface area contributed by atoms with E-state index in [2.05, 4.69) is 33.9 Å². The van der Waals surface area contributed by atoms with Crippen LogP contribution in [-0.4, -0.2) is 35.2 Å². The lowest BCUT2D eigenvalue weighted by atomic mass is 10.2. The Kier molecular flexibility index (Phi) is 4.69. The Morgan fingerprint density at radius 1 is 1.11 bits per heavy atom. The Labute approximate surface area is 112 Å². The Bertz CT molecular complexity index is 383. The van der Waals surface area contributed by atoms with Gasteiger partial charge in [-0.15, -0.1) is 0 Å². The molecule has 6 heteroatoms. The van der Waals surface area contributed by atoms with Gasteiger partial charge >= 0.3 is 0 Å². The number of hydrogen-bond donors (Lipinski definition) is 0. The van der Waals surface area contributed by atoms with Gasteiger partial charge in [-0.05, 0) is 37.4 Å². The van der Waals surface area contributed by atoms with Crippen LogP contribution in [0.5, 0.6) is 0 Å². The van der Waals surface area contributed by atoms with Gasteiger partial charge in [0.05, 0.1) is 12.4 Å². The van der Waals surface area contributed by atoms with Gasteiger partial charge in [-0.1, -0.05) is 20.8 Å². The molecule has 1 rings (SSSR count). The van der Waals surface area contributed by atoms with E-state index in [4.69, 9.17) is 8.61 Å². The summed E-state index contributed by atoms with van der Waals surface area (Å²) in [6.45, 7) is 11.1. The van der Waals surface area contributed by atoms with Crippen LogP contribution in [-0.2, 0) is 18.7 Å². The smallest absolute Gasteiger partial charge is 0.264 e. The van der Waals surface area contributed by atoms with Crippen LogP contribution in [0.25, 0.3) is 0 Å². The first-order valence-corrected chi connectivity index (χ1v) is 11.2. The highest BCUT2D eigenvalue weighted by molar-refractivity contribution is 7.86. The zero-order valence-corrected chi connectivity index (χ0v) is 14.1. The van der Waals surface area contributed by atoms with E-state index in [1.807, 2.05) is 0 Å². The topological polar surface area (TPSA) is 52.6 Å². The van der Waals surface area contributed by atoms with E-state index in [1.165, 1.54) is 0 Å². The molecule has 18 heavy (non-hydrogen) atoms. The maximum atomic E-state index is 11.1. The van der Waals surface area contributed by atoms with E-state index in [1.54, 1.807) is 0 Å². The predicted octanol–water partition coefficient (Wildman–Crippen LogP) is 2.91. The molecule has 108 valence electrons. The van der Waals surface area contributed by atoms with Gasteiger partial charge in [-0.25, -0.2) is 0 Å². The minimum Gasteiger partial charge on any atom is -0.414 e. The fraction of sp³-hybridized carbons (Fsp3) is 1.00. The molecule has 0 aromatic rings. The second kappa shape index (κ2) is 5.23. The Morgan fingerprint density at radius 2 is 1.61 bits per heavy atom. The summed E-state index contributed by atoms with van der Waals surface area (Å²) in [5.74, 6) is 0. The average Bonchev–Trinajstić information content (AvgIpc) is 2.45. The standard InChI is InChI=1S/C12H26O4SSi/c1-12(2,3)18(5,6)16-11-8-7-10(9-11)15-17(4,13)14/h10-11H,7-9H2,1-6H3/t10-,11+/m0/s1. The van der Waals surface area contributed by atoms with Gasteiger partial charge in [-0.2, -0.15) is 8.42 Å². The molecule has 0 bridgehead atoms. The molecule has 0 saturated heterocycles. The highest BCUT2D eigenvalue weighted by Crippen LogP contribution is 2.39. The summed E-state index contributed by atoms with van der Waals surface area (Å²) in [4.78, 5) is 0. The Balaban J connectivity index is 2.54. The van der Waals surface area contributed by atoms with Crippen molar-refractivity contribution in [3.63, 3.8) is 0 Å². The molecule has 1 aliphatic carbocycles. The van der Waals surface area contributed by atoms with Crippen LogP contribution >= 0.6 is 0 Å². The maximum Gasteiger partial charge on any atom is 0.264 e. The molecule has 1 saturated carbocycles. The summed E-state index contributed by atoms with van der Waals surface area (Å²) < 4.78 is 33.5. The van der Waals surface area contributed by atoms with Crippen LogP contribution in [0.2, 0.25) is 18.1 Å². The lowest BCUT2D eigenvalue weighted by Gasteiger charge is -2.38. The molecule has 1 aliphatic rings. The van der Waals surface area contributed by atoms with Crippen LogP contribution in [0.15, 0.2) is 0 Å². The van der Waals surface area contributed by atoms with Crippen LogP contribution in [0.1, 0.15) is 40.0 Å². The molecule has 0 heterocycles. The summed E-state index contributed by atoms with van der Waals surface area (Å²) in [6.07, 6.45) is 3.42. The lowest BCUT2D eigenvalue weighted by molar-refractivity contribution is 0.158. The van der Waals surface area contributed by atoms with Crippen LogP contribution in [0.3, 0.4) is 0 Å². The lowest BCUT2D eigenvalue weighted by Crippen LogP contribution is -2.43. The zero-order valence-electron chi connectivity index (χ0n) is 12.3. The van der Waals surface area contributed by atoms with Gasteiger partial charge in [0.25, 0.3) is 10.1 Å². The van der Waals surface area contributed by atoms with Gasteiger partial charge in [-0.3, -0.25) is 4.18 Å². The van der Waals surface area contributed by atoms with Crippen molar-refractivity contribution in [2.45, 2.75) is 70.4 Å². The second-order valence-corrected chi connectivity index (χ2v) is 13.1. The van der Waals surface area contributed by atoms with E-state index in [0.29, 0.717) is 6.42 Å². The van der Waals surface area contributed by atoms with Crippen LogP contribution < -0.4 is 0 Å². The predicted molar refractivity (Wildman–Crippen MR) is 75.6 cm³/mol. The van der Waals surface area contributed by atoms with Gasteiger partial charge < -0.3 is 4.43 Å². The summed E-state index contributed by atoms with van der Waals surface area (Å²) in [6, 6.07) is 0. The number of hydrogen-bond acceptors (Lipinski definition) is 4. The molecule has 0 aliphatic heterocycles. The minimum atomic E-state index is -3.35. The molecule has 0 spiro atoms. The zero-order chi connectivity index (χ0) is 14.2. The Hall–Kier alpha value is 0.0869. The summed E-state index contributed by atoms with van der Waals surface area (Å²) in [5, 5.41) is 0.183. The van der Waals surface area contributed by atoms with Crippen molar-refractivity contribution in [2.75, 3.05) is 6.26 Å². The van der Waals surface area contributed by atoms with Crippen molar-refractivity contribution in [3.05, 3.63) is 0 Å². The van der Waals surface area contributed by atoms with Gasteiger partial charge in [0.2, 0.25) is 0 Å². The van der Waals surface area contributed by atoms with Crippen molar-refractivity contribution in [3.8, 4) is 0 Å². The molecule has 0 N–H and O–H groups in total. The normalized spacial score (nSPS) is 26.6. The molecule has 0 amide bonds. The molecular formula is C12H26O4SSi. The van der Waals surface area contributed by atoms with Gasteiger partial charge in [0.1, 0.15) is 0 Å².